The molecule has 1 aromatic heterocycles. The van der Waals surface area contributed by atoms with Crippen LogP contribution < -0.4 is 14.2 Å². The molecule has 4 aromatic rings. The van der Waals surface area contributed by atoms with Gasteiger partial charge in [0.05, 0.1) is 13.2 Å². The molecule has 6 rings (SSSR count). The van der Waals surface area contributed by atoms with Crippen LogP contribution in [0.25, 0.3) is 10.9 Å². The Balaban J connectivity index is 1.39. The van der Waals surface area contributed by atoms with Gasteiger partial charge < -0.3 is 24.1 Å². The molecule has 3 heterocycles. The highest BCUT2D eigenvalue weighted by Gasteiger charge is 2.37. The van der Waals surface area contributed by atoms with Gasteiger partial charge in [0.1, 0.15) is 5.75 Å². The summed E-state index contributed by atoms with van der Waals surface area (Å²) in [6.45, 7) is 5.29. The third kappa shape index (κ3) is 4.20. The molecule has 2 aliphatic heterocycles. The van der Waals surface area contributed by atoms with Gasteiger partial charge in [-0.25, -0.2) is 0 Å². The predicted molar refractivity (Wildman–Crippen MR) is 144 cm³/mol. The third-order valence-corrected chi connectivity index (χ3v) is 7.78. The van der Waals surface area contributed by atoms with Crippen molar-refractivity contribution < 1.29 is 19.0 Å². The topological polar surface area (TPSA) is 63.8 Å². The number of carbonyl (C=O) groups is 1. The highest BCUT2D eigenvalue weighted by Crippen LogP contribution is 2.42. The van der Waals surface area contributed by atoms with Crippen LogP contribution in [0.5, 0.6) is 17.2 Å². The van der Waals surface area contributed by atoms with Gasteiger partial charge in [-0.15, -0.1) is 0 Å². The largest absolute Gasteiger partial charge is 0.497 e. The lowest BCUT2D eigenvalue weighted by Crippen LogP contribution is -2.43. The van der Waals surface area contributed by atoms with Crippen molar-refractivity contribution in [3.8, 4) is 17.2 Å². The number of H-pyrrole nitrogens is 1. The molecule has 0 aliphatic carbocycles. The van der Waals surface area contributed by atoms with Crippen molar-refractivity contribution in [1.82, 2.24) is 9.88 Å². The van der Waals surface area contributed by atoms with Gasteiger partial charge in [0, 0.05) is 28.7 Å². The second-order valence-electron chi connectivity index (χ2n) is 10.0. The average Bonchev–Trinajstić information content (AvgIpc) is 3.55. The quantitative estimate of drug-likeness (QED) is 0.351. The van der Waals surface area contributed by atoms with E-state index in [-0.39, 0.29) is 24.7 Å². The molecule has 0 saturated carbocycles. The summed E-state index contributed by atoms with van der Waals surface area (Å²) in [5.74, 6) is 2.65. The zero-order chi connectivity index (χ0) is 25.5. The fourth-order valence-electron chi connectivity index (χ4n) is 5.84. The first-order valence-corrected chi connectivity index (χ1v) is 13.0. The number of aromatic nitrogens is 1. The summed E-state index contributed by atoms with van der Waals surface area (Å²) in [6, 6.07) is 20.2. The van der Waals surface area contributed by atoms with E-state index in [2.05, 4.69) is 60.1 Å². The molecule has 2 atom stereocenters. The summed E-state index contributed by atoms with van der Waals surface area (Å²) >= 11 is 0. The molecule has 6 nitrogen and oxygen atoms in total. The molecule has 0 unspecified atom stereocenters. The Labute approximate surface area is 217 Å². The zero-order valence-corrected chi connectivity index (χ0v) is 21.5. The first-order valence-electron chi connectivity index (χ1n) is 13.0. The Morgan fingerprint density at radius 3 is 2.62 bits per heavy atom. The number of aryl methyl sites for hydroxylation is 1. The monoisotopic (exact) mass is 496 g/mol. The van der Waals surface area contributed by atoms with Crippen LogP contribution >= 0.6 is 0 Å². The number of ether oxygens (including phenoxy) is 3. The molecular weight excluding hydrogens is 464 g/mol. The first-order chi connectivity index (χ1) is 18.1. The highest BCUT2D eigenvalue weighted by atomic mass is 16.7. The Kier molecular flexibility index (Phi) is 6.03. The third-order valence-electron chi connectivity index (χ3n) is 7.78. The van der Waals surface area contributed by atoms with Crippen LogP contribution in [0.2, 0.25) is 0 Å². The molecule has 0 radical (unpaired) electrons. The lowest BCUT2D eigenvalue weighted by Gasteiger charge is -2.39. The SMILES string of the molecule is CCc1ccc(C(=O)N2CCc3c([nH]c4ccc(OC)cc34)[C@@H]2[C@@H](C)Cc2ccc3c(c2)OCO3)cc1. The Morgan fingerprint density at radius 1 is 1.05 bits per heavy atom. The molecule has 6 heteroatoms. The zero-order valence-electron chi connectivity index (χ0n) is 21.5. The van der Waals surface area contributed by atoms with E-state index >= 15 is 0 Å². The molecule has 1 N–H and O–H groups in total. The van der Waals surface area contributed by atoms with Crippen molar-refractivity contribution in [2.75, 3.05) is 20.4 Å². The van der Waals surface area contributed by atoms with Crippen molar-refractivity contribution >= 4 is 16.8 Å². The number of benzene rings is 3. The Morgan fingerprint density at radius 2 is 1.84 bits per heavy atom. The van der Waals surface area contributed by atoms with Crippen molar-refractivity contribution in [1.29, 1.82) is 0 Å². The van der Waals surface area contributed by atoms with Gasteiger partial charge in [-0.3, -0.25) is 4.79 Å². The van der Waals surface area contributed by atoms with Gasteiger partial charge in [-0.1, -0.05) is 32.0 Å². The van der Waals surface area contributed by atoms with Crippen LogP contribution in [0.1, 0.15) is 52.6 Å². The summed E-state index contributed by atoms with van der Waals surface area (Å²) in [5, 5.41) is 1.18. The molecular formula is C31H32N2O4. The van der Waals surface area contributed by atoms with Crippen LogP contribution in [0, 0.1) is 5.92 Å². The summed E-state index contributed by atoms with van der Waals surface area (Å²) in [7, 11) is 1.70. The Hall–Kier alpha value is -3.93. The average molecular weight is 497 g/mol. The van der Waals surface area contributed by atoms with E-state index in [1.807, 2.05) is 24.3 Å². The van der Waals surface area contributed by atoms with Crippen molar-refractivity contribution in [3.63, 3.8) is 0 Å². The van der Waals surface area contributed by atoms with E-state index in [1.54, 1.807) is 7.11 Å². The minimum atomic E-state index is -0.0917. The maximum Gasteiger partial charge on any atom is 0.254 e. The number of hydrogen-bond donors (Lipinski definition) is 1. The molecule has 0 fully saturated rings. The first kappa shape index (κ1) is 23.5. The molecule has 0 saturated heterocycles. The summed E-state index contributed by atoms with van der Waals surface area (Å²) < 4.78 is 16.6. The fourth-order valence-corrected chi connectivity index (χ4v) is 5.84. The number of rotatable bonds is 6. The molecule has 1 amide bonds. The number of methoxy groups -OCH3 is 1. The number of nitrogens with one attached hydrogen (secondary N) is 1. The smallest absolute Gasteiger partial charge is 0.254 e. The number of amides is 1. The highest BCUT2D eigenvalue weighted by molar-refractivity contribution is 5.95. The fraction of sp³-hybridized carbons (Fsp3) is 0.323. The van der Waals surface area contributed by atoms with Crippen LogP contribution in [0.15, 0.2) is 60.7 Å². The molecule has 0 spiro atoms. The van der Waals surface area contributed by atoms with Crippen LogP contribution in [0.4, 0.5) is 0 Å². The number of aromatic amines is 1. The molecule has 0 bridgehead atoms. The summed E-state index contributed by atoms with van der Waals surface area (Å²) in [4.78, 5) is 19.7. The lowest BCUT2D eigenvalue weighted by molar-refractivity contribution is 0.0586. The molecule has 190 valence electrons. The van der Waals surface area contributed by atoms with E-state index in [1.165, 1.54) is 22.1 Å². The minimum Gasteiger partial charge on any atom is -0.497 e. The van der Waals surface area contributed by atoms with E-state index in [0.29, 0.717) is 6.54 Å². The van der Waals surface area contributed by atoms with Gasteiger partial charge in [0.2, 0.25) is 6.79 Å². The Bertz CT molecular complexity index is 1460. The molecule has 2 aliphatic rings. The van der Waals surface area contributed by atoms with Gasteiger partial charge in [0.15, 0.2) is 11.5 Å². The second-order valence-corrected chi connectivity index (χ2v) is 10.0. The van der Waals surface area contributed by atoms with Crippen LogP contribution in [0.3, 0.4) is 0 Å². The van der Waals surface area contributed by atoms with Crippen LogP contribution in [-0.4, -0.2) is 36.2 Å². The predicted octanol–water partition coefficient (Wildman–Crippen LogP) is 6.09. The van der Waals surface area contributed by atoms with Gasteiger partial charge in [-0.2, -0.15) is 0 Å². The van der Waals surface area contributed by atoms with Gasteiger partial charge in [-0.05, 0) is 84.3 Å². The van der Waals surface area contributed by atoms with Gasteiger partial charge >= 0.3 is 0 Å². The number of fused-ring (bicyclic) bond motifs is 4. The maximum absolute atomic E-state index is 13.9. The number of hydrogen-bond acceptors (Lipinski definition) is 4. The van der Waals surface area contributed by atoms with E-state index < -0.39 is 0 Å². The summed E-state index contributed by atoms with van der Waals surface area (Å²) in [5.41, 5.74) is 6.62. The van der Waals surface area contributed by atoms with Crippen molar-refractivity contribution in [2.45, 2.75) is 39.2 Å². The number of carbonyl (C=O) groups excluding carboxylic acids is 1. The van der Waals surface area contributed by atoms with Crippen LogP contribution in [-0.2, 0) is 19.3 Å². The van der Waals surface area contributed by atoms with E-state index in [0.717, 1.165) is 53.3 Å². The lowest BCUT2D eigenvalue weighted by atomic mass is 9.85. The second kappa shape index (κ2) is 9.51. The van der Waals surface area contributed by atoms with Crippen molar-refractivity contribution in [2.24, 2.45) is 5.92 Å². The standard InChI is InChI=1S/C31H32N2O4/c1-4-20-5-8-22(9-6-20)31(34)33-14-13-24-25-17-23(35-3)10-11-26(25)32-29(24)30(33)19(2)15-21-7-12-27-28(16-21)37-18-36-27/h5-12,16-17,19,30,32H,4,13-15,18H2,1-3H3/t19-,30-/m0/s1. The normalized spacial score (nSPS) is 17.1. The van der Waals surface area contributed by atoms with Crippen molar-refractivity contribution in [3.05, 3.63) is 88.6 Å². The maximum atomic E-state index is 13.9. The number of nitrogens with zero attached hydrogens (tertiary/aromatic N) is 1. The van der Waals surface area contributed by atoms with Gasteiger partial charge in [0.25, 0.3) is 5.91 Å². The van der Waals surface area contributed by atoms with E-state index in [4.69, 9.17) is 14.2 Å². The van der Waals surface area contributed by atoms with E-state index in [9.17, 15) is 4.79 Å². The molecule has 37 heavy (non-hydrogen) atoms. The minimum absolute atomic E-state index is 0.0760. The molecule has 3 aromatic carbocycles. The summed E-state index contributed by atoms with van der Waals surface area (Å²) in [6.07, 6.45) is 2.56.